The molecule has 0 aromatic heterocycles. The lowest BCUT2D eigenvalue weighted by Gasteiger charge is -2.59. The lowest BCUT2D eigenvalue weighted by atomic mass is 9.46. The Morgan fingerprint density at radius 1 is 1.27 bits per heavy atom. The molecule has 144 valence electrons. The van der Waals surface area contributed by atoms with Gasteiger partial charge in [-0.3, -0.25) is 9.59 Å². The summed E-state index contributed by atoms with van der Waals surface area (Å²) in [6.45, 7) is 6.62. The van der Waals surface area contributed by atoms with Gasteiger partial charge in [-0.1, -0.05) is 39.8 Å². The van der Waals surface area contributed by atoms with Gasteiger partial charge >= 0.3 is 0 Å². The highest BCUT2D eigenvalue weighted by Crippen LogP contribution is 2.65. The summed E-state index contributed by atoms with van der Waals surface area (Å²) in [5.41, 5.74) is 8.07. The van der Waals surface area contributed by atoms with Gasteiger partial charge in [-0.25, -0.2) is 0 Å². The summed E-state index contributed by atoms with van der Waals surface area (Å²) in [7, 11) is 0. The zero-order chi connectivity index (χ0) is 18.0. The molecule has 0 amide bonds. The Labute approximate surface area is 158 Å². The molecule has 4 aliphatic rings. The number of carbonyl (C=O) groups excluding carboxylic acids is 2. The fraction of sp³-hybridized carbons (Fsp3) is 0.739. The number of hydrogen-bond donors (Lipinski definition) is 1. The minimum atomic E-state index is -0.0789. The third-order valence-corrected chi connectivity index (χ3v) is 8.30. The van der Waals surface area contributed by atoms with Crippen molar-refractivity contribution in [3.05, 3.63) is 23.8 Å². The van der Waals surface area contributed by atoms with Crippen LogP contribution in [-0.4, -0.2) is 17.6 Å². The van der Waals surface area contributed by atoms with Gasteiger partial charge < -0.3 is 5.73 Å². The van der Waals surface area contributed by atoms with E-state index in [2.05, 4.69) is 19.9 Å². The van der Waals surface area contributed by atoms with E-state index >= 15 is 0 Å². The first-order chi connectivity index (χ1) is 11.8. The molecule has 0 aliphatic heterocycles. The smallest absolute Gasteiger partial charge is 0.178 e. The second kappa shape index (κ2) is 6.44. The van der Waals surface area contributed by atoms with Crippen molar-refractivity contribution in [2.24, 2.45) is 40.2 Å². The predicted molar refractivity (Wildman–Crippen MR) is 105 cm³/mol. The second-order valence-corrected chi connectivity index (χ2v) is 9.35. The summed E-state index contributed by atoms with van der Waals surface area (Å²) in [5.74, 6) is 2.31. The van der Waals surface area contributed by atoms with Crippen LogP contribution in [0, 0.1) is 34.5 Å². The fourth-order valence-corrected chi connectivity index (χ4v) is 7.24. The Bertz CT molecular complexity index is 678. The van der Waals surface area contributed by atoms with Gasteiger partial charge in [-0.15, -0.1) is 0 Å². The minimum Gasteiger partial charge on any atom is -0.327 e. The molecule has 0 saturated heterocycles. The summed E-state index contributed by atoms with van der Waals surface area (Å²) < 4.78 is 0. The molecule has 4 aliphatic carbocycles. The van der Waals surface area contributed by atoms with E-state index in [0.717, 1.165) is 25.7 Å². The van der Waals surface area contributed by atoms with E-state index in [1.165, 1.54) is 12.0 Å². The molecular weight excluding hydrogens is 322 g/mol. The molecule has 2 N–H and O–H groups in total. The summed E-state index contributed by atoms with van der Waals surface area (Å²) in [6.07, 6.45) is 11.6. The first kappa shape index (κ1) is 19.5. The van der Waals surface area contributed by atoms with E-state index in [9.17, 15) is 9.59 Å². The number of rotatable bonds is 2. The first-order valence-corrected chi connectivity index (χ1v) is 10.0. The summed E-state index contributed by atoms with van der Waals surface area (Å²) in [6, 6.07) is 0.100. The SMILES string of the molecule is C.CCC(=O)C1CCC2C3CCC4=CC(=O)C=CC4(C)C3C(N)CC12C. The quantitative estimate of drug-likeness (QED) is 0.793. The van der Waals surface area contributed by atoms with Gasteiger partial charge in [0.2, 0.25) is 0 Å². The molecular formula is C23H35NO2. The number of ketones is 2. The van der Waals surface area contributed by atoms with Gasteiger partial charge in [0.25, 0.3) is 0 Å². The normalized spacial score (nSPS) is 46.5. The summed E-state index contributed by atoms with van der Waals surface area (Å²) in [4.78, 5) is 24.4. The zero-order valence-corrected chi connectivity index (χ0v) is 15.8. The molecule has 0 bridgehead atoms. The van der Waals surface area contributed by atoms with E-state index in [-0.39, 0.29) is 36.0 Å². The molecule has 0 heterocycles. The molecule has 0 aromatic rings. The Kier molecular flexibility index (Phi) is 4.84. The van der Waals surface area contributed by atoms with Crippen molar-refractivity contribution < 1.29 is 9.59 Å². The van der Waals surface area contributed by atoms with Gasteiger partial charge in [0.15, 0.2) is 5.78 Å². The van der Waals surface area contributed by atoms with Crippen LogP contribution >= 0.6 is 0 Å². The average molecular weight is 358 g/mol. The van der Waals surface area contributed by atoms with Gasteiger partial charge in [-0.2, -0.15) is 0 Å². The Morgan fingerprint density at radius 3 is 2.69 bits per heavy atom. The van der Waals surface area contributed by atoms with Crippen LogP contribution in [0.15, 0.2) is 23.8 Å². The number of hydrogen-bond acceptors (Lipinski definition) is 3. The van der Waals surface area contributed by atoms with Crippen molar-refractivity contribution in [2.75, 3.05) is 0 Å². The molecule has 3 fully saturated rings. The molecule has 0 radical (unpaired) electrons. The molecule has 3 heteroatoms. The average Bonchev–Trinajstić information content (AvgIpc) is 2.91. The van der Waals surface area contributed by atoms with Gasteiger partial charge in [0.05, 0.1) is 0 Å². The van der Waals surface area contributed by atoms with Crippen molar-refractivity contribution in [2.45, 2.75) is 72.8 Å². The number of Topliss-reactive ketones (excluding diaryl/α,β-unsaturated/α-hetero) is 1. The second-order valence-electron chi connectivity index (χ2n) is 9.35. The minimum absolute atomic E-state index is 0. The number of fused-ring (bicyclic) bond motifs is 5. The Balaban J connectivity index is 0.00000196. The Morgan fingerprint density at radius 2 is 2.00 bits per heavy atom. The highest BCUT2D eigenvalue weighted by Gasteiger charge is 2.61. The molecule has 3 nitrogen and oxygen atoms in total. The van der Waals surface area contributed by atoms with Crippen LogP contribution in [0.3, 0.4) is 0 Å². The first-order valence-electron chi connectivity index (χ1n) is 10.0. The van der Waals surface area contributed by atoms with Crippen LogP contribution < -0.4 is 5.73 Å². The maximum absolute atomic E-state index is 12.6. The fourth-order valence-electron chi connectivity index (χ4n) is 7.24. The molecule has 3 saturated carbocycles. The predicted octanol–water partition coefficient (Wildman–Crippen LogP) is 4.46. The molecule has 26 heavy (non-hydrogen) atoms. The van der Waals surface area contributed by atoms with Crippen molar-refractivity contribution in [3.63, 3.8) is 0 Å². The maximum atomic E-state index is 12.6. The van der Waals surface area contributed by atoms with E-state index < -0.39 is 0 Å². The van der Waals surface area contributed by atoms with Crippen molar-refractivity contribution in [1.82, 2.24) is 0 Å². The zero-order valence-electron chi connectivity index (χ0n) is 15.8. The van der Waals surface area contributed by atoms with Crippen molar-refractivity contribution in [3.8, 4) is 0 Å². The van der Waals surface area contributed by atoms with E-state index in [0.29, 0.717) is 30.0 Å². The van der Waals surface area contributed by atoms with Crippen LogP contribution in [0.4, 0.5) is 0 Å². The van der Waals surface area contributed by atoms with Gasteiger partial charge in [0.1, 0.15) is 5.78 Å². The van der Waals surface area contributed by atoms with Gasteiger partial charge in [0, 0.05) is 23.8 Å². The molecule has 7 atom stereocenters. The topological polar surface area (TPSA) is 60.2 Å². The van der Waals surface area contributed by atoms with E-state index in [1.54, 1.807) is 6.08 Å². The molecule has 7 unspecified atom stereocenters. The van der Waals surface area contributed by atoms with Crippen LogP contribution in [0.25, 0.3) is 0 Å². The lowest BCUT2D eigenvalue weighted by molar-refractivity contribution is -0.129. The highest BCUT2D eigenvalue weighted by atomic mass is 16.1. The maximum Gasteiger partial charge on any atom is 0.178 e. The Hall–Kier alpha value is -1.22. The standard InChI is InChI=1S/C22H31NO2.CH4/c1-4-19(25)17-8-7-16-15-6-5-13-11-14(24)9-10-21(13,2)20(15)18(23)12-22(16,17)3;/h9-11,15-18,20H,4-8,12,23H2,1-3H3;1H4. The van der Waals surface area contributed by atoms with Crippen LogP contribution in [-0.2, 0) is 9.59 Å². The van der Waals surface area contributed by atoms with Gasteiger partial charge in [-0.05, 0) is 67.4 Å². The summed E-state index contributed by atoms with van der Waals surface area (Å²) in [5, 5.41) is 0. The summed E-state index contributed by atoms with van der Waals surface area (Å²) >= 11 is 0. The van der Waals surface area contributed by atoms with Crippen molar-refractivity contribution in [1.29, 1.82) is 0 Å². The number of carbonyl (C=O) groups is 2. The van der Waals surface area contributed by atoms with Crippen LogP contribution in [0.1, 0.15) is 66.7 Å². The van der Waals surface area contributed by atoms with Crippen LogP contribution in [0.5, 0.6) is 0 Å². The highest BCUT2D eigenvalue weighted by molar-refractivity contribution is 6.01. The largest absolute Gasteiger partial charge is 0.327 e. The third-order valence-electron chi connectivity index (χ3n) is 8.30. The number of nitrogens with two attached hydrogens (primary N) is 1. The molecule has 0 spiro atoms. The van der Waals surface area contributed by atoms with Crippen LogP contribution in [0.2, 0.25) is 0 Å². The lowest BCUT2D eigenvalue weighted by Crippen LogP contribution is -2.58. The molecule has 0 aromatic carbocycles. The third kappa shape index (κ3) is 2.50. The van der Waals surface area contributed by atoms with E-state index in [4.69, 9.17) is 5.73 Å². The van der Waals surface area contributed by atoms with E-state index in [1.807, 2.05) is 13.0 Å². The number of allylic oxidation sites excluding steroid dienone is 4. The molecule has 4 rings (SSSR count). The monoisotopic (exact) mass is 357 g/mol. The van der Waals surface area contributed by atoms with Crippen molar-refractivity contribution >= 4 is 11.6 Å².